The molecule has 0 aliphatic rings. The number of amidine groups is 1. The van der Waals surface area contributed by atoms with E-state index < -0.39 is 0 Å². The van der Waals surface area contributed by atoms with Gasteiger partial charge in [-0.2, -0.15) is 4.99 Å². The van der Waals surface area contributed by atoms with Crippen molar-refractivity contribution in [3.05, 3.63) is 24.3 Å². The molecule has 3 N–H and O–H groups in total. The first kappa shape index (κ1) is 18.7. The van der Waals surface area contributed by atoms with Crippen LogP contribution < -0.4 is 15.8 Å². The Morgan fingerprint density at radius 3 is 2.59 bits per heavy atom. The van der Waals surface area contributed by atoms with Crippen molar-refractivity contribution in [3.8, 4) is 5.75 Å². The lowest BCUT2D eigenvalue weighted by molar-refractivity contribution is 0.198. The van der Waals surface area contributed by atoms with Crippen molar-refractivity contribution in [1.29, 1.82) is 0 Å². The molecule has 0 aliphatic heterocycles. The second-order valence-corrected chi connectivity index (χ2v) is 6.63. The van der Waals surface area contributed by atoms with Gasteiger partial charge in [0, 0.05) is 11.7 Å². The molecule has 0 aromatic heterocycles. The third-order valence-corrected chi connectivity index (χ3v) is 3.85. The molecule has 1 aromatic rings. The zero-order chi connectivity index (χ0) is 16.5. The Morgan fingerprint density at radius 2 is 2.05 bits per heavy atom. The Labute approximate surface area is 142 Å². The van der Waals surface area contributed by atoms with Crippen LogP contribution in [-0.2, 0) is 0 Å². The normalized spacial score (nSPS) is 13.0. The third kappa shape index (κ3) is 7.11. The van der Waals surface area contributed by atoms with Gasteiger partial charge in [0.1, 0.15) is 12.4 Å². The lowest BCUT2D eigenvalue weighted by atomic mass is 10.3. The molecular weight excluding hydrogens is 316 g/mol. The predicted molar refractivity (Wildman–Crippen MR) is 101 cm³/mol. The fourth-order valence-corrected chi connectivity index (χ4v) is 2.16. The Bertz CT molecular complexity index is 503. The number of nitrogens with zero attached hydrogens (tertiary/aromatic N) is 2. The quantitative estimate of drug-likeness (QED) is 0.472. The molecule has 1 atom stereocenters. The second-order valence-electron chi connectivity index (χ2n) is 4.96. The predicted octanol–water partition coefficient (Wildman–Crippen LogP) is 2.78. The summed E-state index contributed by atoms with van der Waals surface area (Å²) < 4.78 is 5.73. The first-order chi connectivity index (χ1) is 10.4. The van der Waals surface area contributed by atoms with Gasteiger partial charge in [-0.25, -0.2) is 0 Å². The number of thioether (sulfide) groups is 1. The van der Waals surface area contributed by atoms with Crippen LogP contribution in [0.15, 0.2) is 29.3 Å². The Morgan fingerprint density at radius 1 is 1.41 bits per heavy atom. The van der Waals surface area contributed by atoms with Crippen LogP contribution in [-0.4, -0.2) is 47.7 Å². The first-order valence-electron chi connectivity index (χ1n) is 7.09. The number of aliphatic imine (C=N–C) groups is 1. The van der Waals surface area contributed by atoms with Gasteiger partial charge in [0.15, 0.2) is 10.3 Å². The smallest absolute Gasteiger partial charge is 0.199 e. The van der Waals surface area contributed by atoms with Gasteiger partial charge >= 0.3 is 0 Å². The average molecular weight is 341 g/mol. The minimum atomic E-state index is 0.355. The zero-order valence-electron chi connectivity index (χ0n) is 13.5. The zero-order valence-corrected chi connectivity index (χ0v) is 15.1. The molecule has 1 rings (SSSR count). The molecule has 0 saturated heterocycles. The molecule has 0 aliphatic carbocycles. The molecule has 0 spiro atoms. The Hall–Kier alpha value is -1.31. The van der Waals surface area contributed by atoms with E-state index in [4.69, 9.17) is 22.7 Å². The maximum Gasteiger partial charge on any atom is 0.199 e. The summed E-state index contributed by atoms with van der Waals surface area (Å²) in [5, 5.41) is 3.85. The van der Waals surface area contributed by atoms with E-state index in [1.165, 1.54) is 11.8 Å². The minimum Gasteiger partial charge on any atom is -0.492 e. The van der Waals surface area contributed by atoms with Gasteiger partial charge in [-0.15, -0.1) is 0 Å². The van der Waals surface area contributed by atoms with E-state index in [0.717, 1.165) is 17.2 Å². The van der Waals surface area contributed by atoms with Crippen molar-refractivity contribution < 1.29 is 4.74 Å². The molecule has 0 bridgehead atoms. The van der Waals surface area contributed by atoms with Gasteiger partial charge in [0.25, 0.3) is 0 Å². The Balaban J connectivity index is 2.51. The highest BCUT2D eigenvalue weighted by Crippen LogP contribution is 2.16. The number of rotatable bonds is 6. The van der Waals surface area contributed by atoms with Gasteiger partial charge in [-0.05, 0) is 63.3 Å². The summed E-state index contributed by atoms with van der Waals surface area (Å²) in [6.45, 7) is 4.78. The first-order valence-corrected chi connectivity index (χ1v) is 8.49. The number of thiocarbonyl (C=S) groups is 1. The highest BCUT2D eigenvalue weighted by Gasteiger charge is 2.05. The number of nitrogens with two attached hydrogens (primary N) is 1. The fourth-order valence-electron chi connectivity index (χ4n) is 1.43. The molecule has 22 heavy (non-hydrogen) atoms. The van der Waals surface area contributed by atoms with Crippen LogP contribution in [0.3, 0.4) is 0 Å². The molecule has 7 heteroatoms. The third-order valence-electron chi connectivity index (χ3n) is 2.98. The lowest BCUT2D eigenvalue weighted by Gasteiger charge is -2.20. The Kier molecular flexibility index (Phi) is 8.22. The summed E-state index contributed by atoms with van der Waals surface area (Å²) >= 11 is 6.61. The van der Waals surface area contributed by atoms with Gasteiger partial charge in [0.2, 0.25) is 0 Å². The molecule has 0 radical (unpaired) electrons. The van der Waals surface area contributed by atoms with Crippen molar-refractivity contribution in [3.63, 3.8) is 0 Å². The number of anilines is 1. The molecule has 122 valence electrons. The standard InChI is InChI=1S/C15H24N4OS2/c1-5-22-14(16)18-15(21)17-12-6-8-13(9-7-12)20-10-11(2)19(3)4/h6-9,11H,5,10H2,1-4H3,(H3,16,17,18,21). The van der Waals surface area contributed by atoms with Gasteiger partial charge in [0.05, 0.1) is 0 Å². The van der Waals surface area contributed by atoms with E-state index in [-0.39, 0.29) is 0 Å². The summed E-state index contributed by atoms with van der Waals surface area (Å²) in [5.74, 6) is 1.70. The largest absolute Gasteiger partial charge is 0.492 e. The topological polar surface area (TPSA) is 62.9 Å². The van der Waals surface area contributed by atoms with E-state index in [0.29, 0.717) is 22.9 Å². The molecule has 0 saturated carbocycles. The fraction of sp³-hybridized carbons (Fsp3) is 0.467. The summed E-state index contributed by atoms with van der Waals surface area (Å²) in [5.41, 5.74) is 6.57. The summed E-state index contributed by atoms with van der Waals surface area (Å²) in [6, 6.07) is 7.97. The minimum absolute atomic E-state index is 0.355. The second kappa shape index (κ2) is 9.66. The van der Waals surface area contributed by atoms with E-state index in [9.17, 15) is 0 Å². The maximum absolute atomic E-state index is 5.73. The van der Waals surface area contributed by atoms with Crippen molar-refractivity contribution in [1.82, 2.24) is 4.90 Å². The number of ether oxygens (including phenoxy) is 1. The molecule has 1 unspecified atom stereocenters. The molecule has 0 heterocycles. The van der Waals surface area contributed by atoms with Gasteiger partial charge in [-0.1, -0.05) is 18.7 Å². The van der Waals surface area contributed by atoms with Crippen LogP contribution in [0.2, 0.25) is 0 Å². The van der Waals surface area contributed by atoms with Crippen molar-refractivity contribution >= 4 is 39.9 Å². The van der Waals surface area contributed by atoms with Crippen LogP contribution in [0.1, 0.15) is 13.8 Å². The summed E-state index contributed by atoms with van der Waals surface area (Å²) in [6.07, 6.45) is 0. The monoisotopic (exact) mass is 340 g/mol. The van der Waals surface area contributed by atoms with E-state index >= 15 is 0 Å². The average Bonchev–Trinajstić information content (AvgIpc) is 2.46. The number of hydrogen-bond donors (Lipinski definition) is 2. The van der Waals surface area contributed by atoms with Crippen molar-refractivity contribution in [2.75, 3.05) is 31.8 Å². The van der Waals surface area contributed by atoms with E-state index in [2.05, 4.69) is 22.1 Å². The highest BCUT2D eigenvalue weighted by atomic mass is 32.2. The molecular formula is C15H24N4OS2. The van der Waals surface area contributed by atoms with Crippen LogP contribution in [0.25, 0.3) is 0 Å². The van der Waals surface area contributed by atoms with Gasteiger partial charge in [-0.3, -0.25) is 0 Å². The highest BCUT2D eigenvalue weighted by molar-refractivity contribution is 8.13. The summed E-state index contributed by atoms with van der Waals surface area (Å²) in [4.78, 5) is 6.22. The number of hydrogen-bond acceptors (Lipinski definition) is 4. The van der Waals surface area contributed by atoms with E-state index in [1.807, 2.05) is 45.3 Å². The van der Waals surface area contributed by atoms with Crippen molar-refractivity contribution in [2.24, 2.45) is 10.7 Å². The van der Waals surface area contributed by atoms with Crippen LogP contribution in [0, 0.1) is 0 Å². The van der Waals surface area contributed by atoms with Crippen LogP contribution in [0.4, 0.5) is 5.69 Å². The lowest BCUT2D eigenvalue weighted by Crippen LogP contribution is -2.30. The molecule has 0 amide bonds. The van der Waals surface area contributed by atoms with Crippen LogP contribution in [0.5, 0.6) is 5.75 Å². The molecule has 1 aromatic carbocycles. The van der Waals surface area contributed by atoms with Crippen molar-refractivity contribution in [2.45, 2.75) is 19.9 Å². The number of nitrogens with one attached hydrogen (secondary N) is 1. The number of likely N-dealkylation sites (N-methyl/N-ethyl adjacent to an activating group) is 1. The molecule has 5 nitrogen and oxygen atoms in total. The number of benzene rings is 1. The van der Waals surface area contributed by atoms with Gasteiger partial charge < -0.3 is 20.7 Å². The molecule has 0 fully saturated rings. The maximum atomic E-state index is 5.73. The SMILES string of the molecule is CCS/C(N)=N/C(=S)Nc1ccc(OCC(C)N(C)C)cc1. The summed E-state index contributed by atoms with van der Waals surface area (Å²) in [7, 11) is 4.07. The van der Waals surface area contributed by atoms with Crippen LogP contribution >= 0.6 is 24.0 Å². The van der Waals surface area contributed by atoms with E-state index in [1.54, 1.807) is 0 Å².